The van der Waals surface area contributed by atoms with Crippen LogP contribution in [0.5, 0.6) is 5.75 Å². The largest absolute Gasteiger partial charge is 0.496 e. The Morgan fingerprint density at radius 1 is 1.47 bits per heavy atom. The molecule has 1 heterocycles. The van der Waals surface area contributed by atoms with E-state index in [-0.39, 0.29) is 6.04 Å². The van der Waals surface area contributed by atoms with E-state index in [1.54, 1.807) is 13.4 Å². The molecule has 102 valence electrons. The fourth-order valence-electron chi connectivity index (χ4n) is 1.92. The molecule has 0 spiro atoms. The Morgan fingerprint density at radius 2 is 2.26 bits per heavy atom. The van der Waals surface area contributed by atoms with Crippen LogP contribution in [-0.4, -0.2) is 21.9 Å². The zero-order valence-electron chi connectivity index (χ0n) is 11.2. The Hall–Kier alpha value is -1.40. The van der Waals surface area contributed by atoms with Crippen LogP contribution in [0.15, 0.2) is 29.0 Å². The Morgan fingerprint density at radius 3 is 2.89 bits per heavy atom. The van der Waals surface area contributed by atoms with Crippen LogP contribution in [0.2, 0.25) is 0 Å². The lowest BCUT2D eigenvalue weighted by atomic mass is 10.2. The lowest BCUT2D eigenvalue weighted by Crippen LogP contribution is -2.21. The van der Waals surface area contributed by atoms with Gasteiger partial charge in [-0.05, 0) is 25.1 Å². The molecule has 1 atom stereocenters. The Balaban J connectivity index is 2.06. The average molecular weight is 325 g/mol. The van der Waals surface area contributed by atoms with Gasteiger partial charge in [-0.25, -0.2) is 0 Å². The molecule has 0 amide bonds. The van der Waals surface area contributed by atoms with Crippen LogP contribution < -0.4 is 10.1 Å². The van der Waals surface area contributed by atoms with Crippen LogP contribution in [0.4, 0.5) is 0 Å². The number of hydrogen-bond acceptors (Lipinski definition) is 4. The molecule has 0 saturated heterocycles. The van der Waals surface area contributed by atoms with E-state index < -0.39 is 0 Å². The van der Waals surface area contributed by atoms with E-state index in [0.29, 0.717) is 6.54 Å². The Kier molecular flexibility index (Phi) is 4.55. The number of methoxy groups -OCH3 is 1. The van der Waals surface area contributed by atoms with Gasteiger partial charge in [-0.1, -0.05) is 15.9 Å². The maximum atomic E-state index is 5.35. The fraction of sp³-hybridized carbons (Fsp3) is 0.385. The molecule has 0 radical (unpaired) electrons. The highest BCUT2D eigenvalue weighted by Crippen LogP contribution is 2.23. The minimum absolute atomic E-state index is 0.121. The zero-order valence-corrected chi connectivity index (χ0v) is 12.8. The summed E-state index contributed by atoms with van der Waals surface area (Å²) < 4.78 is 8.30. The maximum absolute atomic E-state index is 5.35. The second-order valence-corrected chi connectivity index (χ2v) is 5.27. The molecular weight excluding hydrogens is 308 g/mol. The molecule has 6 heteroatoms. The molecule has 0 aliphatic rings. The van der Waals surface area contributed by atoms with Crippen molar-refractivity contribution < 1.29 is 4.74 Å². The number of aromatic nitrogens is 3. The third-order valence-corrected chi connectivity index (χ3v) is 3.47. The molecule has 0 fully saturated rings. The van der Waals surface area contributed by atoms with Crippen molar-refractivity contribution in [2.45, 2.75) is 19.5 Å². The molecule has 1 aromatic carbocycles. The first-order valence-corrected chi connectivity index (χ1v) is 6.81. The zero-order chi connectivity index (χ0) is 13.8. The van der Waals surface area contributed by atoms with Gasteiger partial charge in [0.15, 0.2) is 0 Å². The van der Waals surface area contributed by atoms with Gasteiger partial charge in [0.25, 0.3) is 0 Å². The van der Waals surface area contributed by atoms with Crippen LogP contribution in [0.3, 0.4) is 0 Å². The van der Waals surface area contributed by atoms with Gasteiger partial charge >= 0.3 is 0 Å². The Labute approximate surface area is 121 Å². The highest BCUT2D eigenvalue weighted by atomic mass is 79.9. The van der Waals surface area contributed by atoms with Gasteiger partial charge in [0.1, 0.15) is 17.9 Å². The predicted octanol–water partition coefficient (Wildman–Crippen LogP) is 2.44. The number of ether oxygens (including phenoxy) is 1. The van der Waals surface area contributed by atoms with Gasteiger partial charge in [0, 0.05) is 23.6 Å². The first-order valence-electron chi connectivity index (χ1n) is 6.01. The molecule has 0 bridgehead atoms. The van der Waals surface area contributed by atoms with E-state index in [2.05, 4.69) is 44.4 Å². The lowest BCUT2D eigenvalue weighted by molar-refractivity contribution is 0.405. The van der Waals surface area contributed by atoms with E-state index in [1.807, 2.05) is 23.7 Å². The molecule has 1 N–H and O–H groups in total. The minimum Gasteiger partial charge on any atom is -0.496 e. The normalized spacial score (nSPS) is 12.4. The van der Waals surface area contributed by atoms with Crippen LogP contribution in [0, 0.1) is 0 Å². The number of rotatable bonds is 5. The van der Waals surface area contributed by atoms with E-state index in [0.717, 1.165) is 21.6 Å². The van der Waals surface area contributed by atoms with Crippen molar-refractivity contribution in [3.05, 3.63) is 40.4 Å². The van der Waals surface area contributed by atoms with Crippen molar-refractivity contribution in [2.24, 2.45) is 7.05 Å². The van der Waals surface area contributed by atoms with E-state index in [9.17, 15) is 0 Å². The van der Waals surface area contributed by atoms with Gasteiger partial charge in [0.05, 0.1) is 13.2 Å². The van der Waals surface area contributed by atoms with Crippen molar-refractivity contribution in [3.8, 4) is 5.75 Å². The summed E-state index contributed by atoms with van der Waals surface area (Å²) in [5, 5.41) is 11.4. The van der Waals surface area contributed by atoms with Crippen molar-refractivity contribution in [1.82, 2.24) is 20.1 Å². The van der Waals surface area contributed by atoms with Gasteiger partial charge in [-0.15, -0.1) is 10.2 Å². The fourth-order valence-corrected chi connectivity index (χ4v) is 2.33. The number of halogens is 1. The standard InChI is InChI=1S/C13H17BrN4O/c1-9(13-17-16-8-18(13)2)15-7-10-6-11(14)4-5-12(10)19-3/h4-6,8-9,15H,7H2,1-3H3. The van der Waals surface area contributed by atoms with Crippen LogP contribution in [0.25, 0.3) is 0 Å². The van der Waals surface area contributed by atoms with Crippen LogP contribution >= 0.6 is 15.9 Å². The third-order valence-electron chi connectivity index (χ3n) is 2.97. The summed E-state index contributed by atoms with van der Waals surface area (Å²) in [4.78, 5) is 0. The van der Waals surface area contributed by atoms with E-state index in [1.165, 1.54) is 0 Å². The van der Waals surface area contributed by atoms with Gasteiger partial charge in [-0.3, -0.25) is 0 Å². The van der Waals surface area contributed by atoms with Crippen molar-refractivity contribution >= 4 is 15.9 Å². The van der Waals surface area contributed by atoms with Crippen molar-refractivity contribution in [2.75, 3.05) is 7.11 Å². The summed E-state index contributed by atoms with van der Waals surface area (Å²) in [5.74, 6) is 1.79. The topological polar surface area (TPSA) is 52.0 Å². The summed E-state index contributed by atoms with van der Waals surface area (Å²) in [6.45, 7) is 2.77. The third kappa shape index (κ3) is 3.33. The summed E-state index contributed by atoms with van der Waals surface area (Å²) in [6, 6.07) is 6.09. The van der Waals surface area contributed by atoms with E-state index in [4.69, 9.17) is 4.74 Å². The van der Waals surface area contributed by atoms with Crippen molar-refractivity contribution in [3.63, 3.8) is 0 Å². The minimum atomic E-state index is 0.121. The summed E-state index contributed by atoms with van der Waals surface area (Å²) in [7, 11) is 3.62. The highest BCUT2D eigenvalue weighted by molar-refractivity contribution is 9.10. The molecule has 1 aromatic heterocycles. The number of nitrogens with zero attached hydrogens (tertiary/aromatic N) is 3. The number of aryl methyl sites for hydroxylation is 1. The SMILES string of the molecule is COc1ccc(Br)cc1CNC(C)c1nncn1C. The first-order chi connectivity index (χ1) is 9.11. The van der Waals surface area contributed by atoms with E-state index >= 15 is 0 Å². The molecule has 2 rings (SSSR count). The molecule has 0 aliphatic carbocycles. The molecule has 0 saturated carbocycles. The van der Waals surface area contributed by atoms with Gasteiger partial charge < -0.3 is 14.6 Å². The Bertz CT molecular complexity index is 555. The molecule has 19 heavy (non-hydrogen) atoms. The number of nitrogens with one attached hydrogen (secondary N) is 1. The molecule has 0 aliphatic heterocycles. The average Bonchev–Trinajstić information content (AvgIpc) is 2.82. The summed E-state index contributed by atoms with van der Waals surface area (Å²) in [6.07, 6.45) is 1.70. The maximum Gasteiger partial charge on any atom is 0.149 e. The quantitative estimate of drug-likeness (QED) is 0.917. The lowest BCUT2D eigenvalue weighted by Gasteiger charge is -2.15. The summed E-state index contributed by atoms with van der Waals surface area (Å²) >= 11 is 3.47. The van der Waals surface area contributed by atoms with Gasteiger partial charge in [-0.2, -0.15) is 0 Å². The van der Waals surface area contributed by atoms with Crippen molar-refractivity contribution in [1.29, 1.82) is 0 Å². The molecule has 2 aromatic rings. The number of hydrogen-bond donors (Lipinski definition) is 1. The van der Waals surface area contributed by atoms with Gasteiger partial charge in [0.2, 0.25) is 0 Å². The predicted molar refractivity (Wildman–Crippen MR) is 77.0 cm³/mol. The first kappa shape index (κ1) is 14.0. The number of benzene rings is 1. The smallest absolute Gasteiger partial charge is 0.149 e. The van der Waals surface area contributed by atoms with Crippen LogP contribution in [0.1, 0.15) is 24.4 Å². The highest BCUT2D eigenvalue weighted by Gasteiger charge is 2.12. The van der Waals surface area contributed by atoms with Crippen LogP contribution in [-0.2, 0) is 13.6 Å². The molecular formula is C13H17BrN4O. The second-order valence-electron chi connectivity index (χ2n) is 4.36. The summed E-state index contributed by atoms with van der Waals surface area (Å²) in [5.41, 5.74) is 1.10. The monoisotopic (exact) mass is 324 g/mol. The second kappa shape index (κ2) is 6.16. The molecule has 5 nitrogen and oxygen atoms in total. The molecule has 1 unspecified atom stereocenters.